The molecule has 0 heterocycles. The average molecular weight is 390 g/mol. The molecule has 0 aliphatic heterocycles. The normalized spacial score (nSPS) is 27.6. The van der Waals surface area contributed by atoms with E-state index < -0.39 is 14.8 Å². The molecular formula is C20H27N3O3S. The number of hydrogen-bond acceptors (Lipinski definition) is 4. The monoisotopic (exact) mass is 389 g/mol. The average Bonchev–Trinajstić information content (AvgIpc) is 2.62. The second kappa shape index (κ2) is 6.52. The molecule has 6 nitrogen and oxygen atoms in total. The number of fused-ring (bicyclic) bond motifs is 3. The van der Waals surface area contributed by atoms with Crippen molar-refractivity contribution in [2.24, 2.45) is 5.41 Å². The molecule has 3 fully saturated rings. The van der Waals surface area contributed by atoms with Crippen LogP contribution in [0.15, 0.2) is 24.3 Å². The van der Waals surface area contributed by atoms with Crippen LogP contribution in [0.1, 0.15) is 69.7 Å². The highest BCUT2D eigenvalue weighted by atomic mass is 32.2. The van der Waals surface area contributed by atoms with Crippen LogP contribution in [0, 0.1) is 16.7 Å². The summed E-state index contributed by atoms with van der Waals surface area (Å²) < 4.78 is 26.6. The van der Waals surface area contributed by atoms with E-state index >= 15 is 0 Å². The van der Waals surface area contributed by atoms with Gasteiger partial charge in [-0.25, -0.2) is 8.42 Å². The summed E-state index contributed by atoms with van der Waals surface area (Å²) in [6.07, 6.45) is 4.80. The van der Waals surface area contributed by atoms with Crippen molar-refractivity contribution in [1.29, 1.82) is 5.26 Å². The van der Waals surface area contributed by atoms with Gasteiger partial charge in [-0.3, -0.25) is 9.52 Å². The van der Waals surface area contributed by atoms with Crippen molar-refractivity contribution in [2.45, 2.75) is 69.6 Å². The SMILES string of the molecule is CC(C)(C)S(=O)(=O)Nc1ccccc1C(=O)NC12CCC(C#N)(CC1)CC2. The van der Waals surface area contributed by atoms with Crippen molar-refractivity contribution in [3.63, 3.8) is 0 Å². The van der Waals surface area contributed by atoms with Gasteiger partial charge in [-0.2, -0.15) is 5.26 Å². The molecular weight excluding hydrogens is 362 g/mol. The van der Waals surface area contributed by atoms with E-state index in [1.807, 2.05) is 0 Å². The predicted octanol–water partition coefficient (Wildman–Crippen LogP) is 3.57. The molecule has 0 radical (unpaired) electrons. The van der Waals surface area contributed by atoms with Gasteiger partial charge in [-0.1, -0.05) is 12.1 Å². The summed E-state index contributed by atoms with van der Waals surface area (Å²) >= 11 is 0. The van der Waals surface area contributed by atoms with Gasteiger partial charge in [-0.15, -0.1) is 0 Å². The maximum absolute atomic E-state index is 13.0. The lowest BCUT2D eigenvalue weighted by molar-refractivity contribution is 0.0522. The summed E-state index contributed by atoms with van der Waals surface area (Å²) in [5.74, 6) is -0.270. The molecule has 3 aliphatic carbocycles. The number of anilines is 1. The Kier molecular flexibility index (Phi) is 4.75. The Labute approximate surface area is 161 Å². The number of nitrogens with one attached hydrogen (secondary N) is 2. The number of carbonyl (C=O) groups is 1. The number of rotatable bonds is 4. The maximum Gasteiger partial charge on any atom is 0.253 e. The van der Waals surface area contributed by atoms with Gasteiger partial charge in [0.25, 0.3) is 5.91 Å². The maximum atomic E-state index is 13.0. The number of amides is 1. The van der Waals surface area contributed by atoms with Crippen LogP contribution in [-0.4, -0.2) is 24.6 Å². The Hall–Kier alpha value is -2.07. The highest BCUT2D eigenvalue weighted by Crippen LogP contribution is 2.52. The van der Waals surface area contributed by atoms with E-state index in [2.05, 4.69) is 16.1 Å². The molecule has 4 rings (SSSR count). The minimum absolute atomic E-state index is 0.216. The number of carbonyl (C=O) groups excluding carboxylic acids is 1. The zero-order valence-corrected chi connectivity index (χ0v) is 16.9. The molecule has 3 aliphatic rings. The number of hydrogen-bond donors (Lipinski definition) is 2. The van der Waals surface area contributed by atoms with Gasteiger partial charge in [0.1, 0.15) is 0 Å². The van der Waals surface area contributed by atoms with E-state index in [1.54, 1.807) is 45.0 Å². The third-order valence-corrected chi connectivity index (χ3v) is 8.19. The molecule has 0 saturated heterocycles. The molecule has 2 bridgehead atoms. The second-order valence-corrected chi connectivity index (χ2v) is 11.3. The minimum Gasteiger partial charge on any atom is -0.347 e. The van der Waals surface area contributed by atoms with Crippen molar-refractivity contribution in [3.05, 3.63) is 29.8 Å². The molecule has 2 N–H and O–H groups in total. The number of sulfonamides is 1. The van der Waals surface area contributed by atoms with Crippen molar-refractivity contribution < 1.29 is 13.2 Å². The van der Waals surface area contributed by atoms with E-state index in [4.69, 9.17) is 0 Å². The zero-order chi connectivity index (χ0) is 19.9. The Bertz CT molecular complexity index is 869. The summed E-state index contributed by atoms with van der Waals surface area (Å²) in [6, 6.07) is 9.15. The highest BCUT2D eigenvalue weighted by molar-refractivity contribution is 7.94. The van der Waals surface area contributed by atoms with Gasteiger partial charge < -0.3 is 5.32 Å². The largest absolute Gasteiger partial charge is 0.347 e. The lowest BCUT2D eigenvalue weighted by Crippen LogP contribution is -2.56. The first kappa shape index (κ1) is 19.7. The van der Waals surface area contributed by atoms with Crippen LogP contribution in [0.25, 0.3) is 0 Å². The molecule has 0 atom stereocenters. The molecule has 0 spiro atoms. The Morgan fingerprint density at radius 2 is 1.63 bits per heavy atom. The molecule has 1 amide bonds. The summed E-state index contributed by atoms with van der Waals surface area (Å²) in [5, 5.41) is 12.6. The van der Waals surface area contributed by atoms with Crippen LogP contribution in [0.2, 0.25) is 0 Å². The summed E-state index contributed by atoms with van der Waals surface area (Å²) in [4.78, 5) is 13.0. The summed E-state index contributed by atoms with van der Waals surface area (Å²) in [7, 11) is -3.63. The first-order valence-corrected chi connectivity index (χ1v) is 10.9. The topological polar surface area (TPSA) is 99.1 Å². The third kappa shape index (κ3) is 3.68. The molecule has 3 saturated carbocycles. The lowest BCUT2D eigenvalue weighted by Gasteiger charge is -2.50. The van der Waals surface area contributed by atoms with Crippen molar-refractivity contribution in [3.8, 4) is 6.07 Å². The molecule has 146 valence electrons. The van der Waals surface area contributed by atoms with Crippen molar-refractivity contribution in [1.82, 2.24) is 5.32 Å². The molecule has 0 aromatic heterocycles. The van der Waals surface area contributed by atoms with Crippen LogP contribution < -0.4 is 10.0 Å². The fourth-order valence-electron chi connectivity index (χ4n) is 3.92. The van der Waals surface area contributed by atoms with Crippen LogP contribution in [0.4, 0.5) is 5.69 Å². The summed E-state index contributed by atoms with van der Waals surface area (Å²) in [6.45, 7) is 4.84. The second-order valence-electron chi connectivity index (χ2n) is 8.89. The van der Waals surface area contributed by atoms with Gasteiger partial charge in [-0.05, 0) is 71.4 Å². The number of nitrogens with zero attached hydrogens (tertiary/aromatic N) is 1. The smallest absolute Gasteiger partial charge is 0.253 e. The van der Waals surface area contributed by atoms with E-state index in [0.29, 0.717) is 11.3 Å². The number of benzene rings is 1. The fourth-order valence-corrected chi connectivity index (χ4v) is 4.69. The number of nitriles is 1. The Morgan fingerprint density at radius 1 is 1.07 bits per heavy atom. The highest BCUT2D eigenvalue weighted by Gasteiger charge is 2.49. The van der Waals surface area contributed by atoms with Gasteiger partial charge in [0.15, 0.2) is 0 Å². The van der Waals surface area contributed by atoms with E-state index in [-0.39, 0.29) is 16.9 Å². The quantitative estimate of drug-likeness (QED) is 0.822. The molecule has 1 aromatic rings. The first-order valence-electron chi connectivity index (χ1n) is 9.37. The number of para-hydroxylation sites is 1. The molecule has 0 unspecified atom stereocenters. The van der Waals surface area contributed by atoms with Crippen LogP contribution in [-0.2, 0) is 10.0 Å². The van der Waals surface area contributed by atoms with Crippen LogP contribution in [0.5, 0.6) is 0 Å². The van der Waals surface area contributed by atoms with E-state index in [9.17, 15) is 18.5 Å². The van der Waals surface area contributed by atoms with Gasteiger partial charge in [0, 0.05) is 5.54 Å². The molecule has 1 aromatic carbocycles. The predicted molar refractivity (Wildman–Crippen MR) is 105 cm³/mol. The van der Waals surface area contributed by atoms with Gasteiger partial charge in [0.05, 0.1) is 27.5 Å². The van der Waals surface area contributed by atoms with E-state index in [0.717, 1.165) is 38.5 Å². The van der Waals surface area contributed by atoms with Gasteiger partial charge in [0.2, 0.25) is 10.0 Å². The minimum atomic E-state index is -3.63. The summed E-state index contributed by atoms with van der Waals surface area (Å²) in [5.41, 5.74) is 0.111. The lowest BCUT2D eigenvalue weighted by atomic mass is 9.58. The standard InChI is InChI=1S/C20H27N3O3S/c1-18(2,3)27(25,26)23-16-7-5-4-6-15(16)17(24)22-20-11-8-19(14-21,9-12-20)10-13-20/h4-7,23H,8-13H2,1-3H3,(H,22,24). The fraction of sp³-hybridized carbons (Fsp3) is 0.600. The first-order chi connectivity index (χ1) is 12.5. The zero-order valence-electron chi connectivity index (χ0n) is 16.1. The van der Waals surface area contributed by atoms with Crippen molar-refractivity contribution in [2.75, 3.05) is 4.72 Å². The van der Waals surface area contributed by atoms with Gasteiger partial charge >= 0.3 is 0 Å². The van der Waals surface area contributed by atoms with Crippen molar-refractivity contribution >= 4 is 21.6 Å². The Morgan fingerprint density at radius 3 is 2.15 bits per heavy atom. The van der Waals surface area contributed by atoms with Crippen LogP contribution in [0.3, 0.4) is 0 Å². The van der Waals surface area contributed by atoms with Crippen LogP contribution >= 0.6 is 0 Å². The third-order valence-electron chi connectivity index (χ3n) is 6.08. The molecule has 7 heteroatoms. The van der Waals surface area contributed by atoms with E-state index in [1.165, 1.54) is 0 Å². The molecule has 27 heavy (non-hydrogen) atoms. The Balaban J connectivity index is 1.80.